The summed E-state index contributed by atoms with van der Waals surface area (Å²) >= 11 is 0. The molecule has 16 aromatic rings. The van der Waals surface area contributed by atoms with Crippen LogP contribution in [0.15, 0.2) is 303 Å². The largest absolute Gasteiger partial charge is 0.510 e. The Bertz CT molecular complexity index is 7040. The minimum absolute atomic E-state index is 0. The first-order valence-corrected chi connectivity index (χ1v) is 34.6. The number of para-hydroxylation sites is 1. The summed E-state index contributed by atoms with van der Waals surface area (Å²) in [7, 11) is -6.39. The van der Waals surface area contributed by atoms with Gasteiger partial charge in [-0.05, 0) is 182 Å². The molecular weight excluding hydrogens is 1420 g/mol. The molecule has 0 saturated heterocycles. The maximum absolute atomic E-state index is 11.2. The molecule has 0 radical (unpaired) electrons. The summed E-state index contributed by atoms with van der Waals surface area (Å²) in [5.41, 5.74) is 6.65. The number of nitrogens with zero attached hydrogens (tertiary/aromatic N) is 4. The molecule has 13 aromatic carbocycles. The molecule has 101 heavy (non-hydrogen) atoms. The zero-order valence-corrected chi connectivity index (χ0v) is 58.7. The number of hydrogen-bond acceptors (Lipinski definition) is 2. The van der Waals surface area contributed by atoms with Crippen LogP contribution < -0.4 is 30.1 Å². The quantitative estimate of drug-likeness (QED) is 0.0560. The molecule has 0 spiro atoms. The monoisotopic (exact) mass is 1520 g/mol. The number of ether oxygens (including phenoxy) is 1. The van der Waals surface area contributed by atoms with Crippen LogP contribution in [0.5, 0.6) is 11.5 Å². The maximum Gasteiger partial charge on any atom is 0.268 e. The van der Waals surface area contributed by atoms with E-state index >= 15 is 0 Å². The van der Waals surface area contributed by atoms with Gasteiger partial charge in [-0.1, -0.05) is 277 Å². The van der Waals surface area contributed by atoms with Gasteiger partial charge in [-0.15, -0.1) is 29.7 Å². The van der Waals surface area contributed by atoms with E-state index in [4.69, 9.17) is 22.1 Å². The predicted molar refractivity (Wildman–Crippen MR) is 417 cm³/mol. The summed E-state index contributed by atoms with van der Waals surface area (Å²) in [6.07, 6.45) is 5.51. The molecule has 4 heterocycles. The van der Waals surface area contributed by atoms with E-state index in [1.54, 1.807) is 69.9 Å². The van der Waals surface area contributed by atoms with Crippen molar-refractivity contribution in [1.82, 2.24) is 14.1 Å². The molecule has 7 heteroatoms. The Balaban J connectivity index is 0.0000117. The third-order valence-corrected chi connectivity index (χ3v) is 22.8. The number of pyridine rings is 1. The van der Waals surface area contributed by atoms with Gasteiger partial charge >= 0.3 is 0 Å². The Morgan fingerprint density at radius 2 is 1.03 bits per heavy atom. The van der Waals surface area contributed by atoms with Gasteiger partial charge in [0.2, 0.25) is 0 Å². The third kappa shape index (κ3) is 11.2. The van der Waals surface area contributed by atoms with Gasteiger partial charge in [0.05, 0.1) is 42.8 Å². The molecule has 0 aliphatic carbocycles. The first kappa shape index (κ1) is 42.2. The van der Waals surface area contributed by atoms with E-state index in [9.17, 15) is 21.9 Å². The van der Waals surface area contributed by atoms with Crippen molar-refractivity contribution in [1.29, 1.82) is 0 Å². The molecule has 0 atom stereocenters. The van der Waals surface area contributed by atoms with Crippen LogP contribution in [0.4, 0.5) is 0 Å². The average Bonchev–Trinajstić information content (AvgIpc) is 0.822. The zero-order chi connectivity index (χ0) is 89.6. The summed E-state index contributed by atoms with van der Waals surface area (Å²) in [5, 5.41) is -2.23. The van der Waals surface area contributed by atoms with Crippen LogP contribution in [0.2, 0.25) is 0 Å². The van der Waals surface area contributed by atoms with Crippen LogP contribution in [0.25, 0.3) is 117 Å². The fraction of sp³-hybridized carbons (Fsp3) is 0.106. The van der Waals surface area contributed by atoms with Crippen molar-refractivity contribution in [3.05, 3.63) is 344 Å². The van der Waals surface area contributed by atoms with Crippen molar-refractivity contribution < 1.29 is 64.6 Å². The molecule has 0 unspecified atom stereocenters. The van der Waals surface area contributed by atoms with Crippen molar-refractivity contribution in [2.75, 3.05) is 0 Å². The second kappa shape index (κ2) is 25.6. The second-order valence-corrected chi connectivity index (χ2v) is 30.3. The summed E-state index contributed by atoms with van der Waals surface area (Å²) in [5.74, 6) is 1.04. The summed E-state index contributed by atoms with van der Waals surface area (Å²) in [6.45, 7) is 6.82. The molecule has 0 saturated carbocycles. The third-order valence-electron chi connectivity index (χ3n) is 18.8. The van der Waals surface area contributed by atoms with Crippen LogP contribution in [0.3, 0.4) is 0 Å². The number of imidazole rings is 1. The second-order valence-electron chi connectivity index (χ2n) is 26.8. The van der Waals surface area contributed by atoms with Crippen LogP contribution in [0.1, 0.15) is 98.1 Å². The van der Waals surface area contributed by atoms with Gasteiger partial charge in [0.15, 0.2) is 8.07 Å². The van der Waals surface area contributed by atoms with Gasteiger partial charge in [0.25, 0.3) is 6.33 Å². The minimum Gasteiger partial charge on any atom is -0.510 e. The van der Waals surface area contributed by atoms with E-state index in [0.29, 0.717) is 61.5 Å². The van der Waals surface area contributed by atoms with E-state index in [1.807, 2.05) is 114 Å². The molecule has 0 amide bonds. The minimum atomic E-state index is -6.39. The fourth-order valence-electron chi connectivity index (χ4n) is 13.9. The fourth-order valence-corrected chi connectivity index (χ4v) is 17.5. The Hall–Kier alpha value is -11.0. The molecular formula is C94H74N4OPtSi-2. The zero-order valence-electron chi connectivity index (χ0n) is 80.4. The van der Waals surface area contributed by atoms with Crippen molar-refractivity contribution in [3.63, 3.8) is 0 Å². The van der Waals surface area contributed by atoms with Gasteiger partial charge in [0, 0.05) is 52.5 Å². The van der Waals surface area contributed by atoms with E-state index in [-0.39, 0.29) is 88.0 Å². The van der Waals surface area contributed by atoms with Crippen LogP contribution in [0, 0.1) is 32.2 Å². The molecule has 1 aliphatic rings. The standard InChI is InChI=1S/C94H74N4OSi.Pt/c1-62-27-24-28-63(2)90(62)67-55-83(64-45-47-68(48-46-64)93(3,4)5)91-84(56-67)79-41-20-18-39-77(79)78-40-19-21-42-80(78)85-54-66(65-29-25-38-76(53-65)100(73-32-12-9-13-33-73,74-34-14-10-15-35-74)75-36-16-11-17-37-75)57-88-92(85)97(91)61-96(88)70-30-26-31-71(59-70)99-72-49-50-82-81-43-22-23-44-86(81)98(87(82)60-72)89-58-69(51-52-95-89)94(6,7)8;/h9-58H,1-8H3;/q-2;/i1D3,2D3,9D,10D,11D,12D,13D,14D,15D,16D,17D,25D,29D,32D,33D,34D,35D,36D,37D,38D,53D;. The smallest absolute Gasteiger partial charge is 0.268 e. The van der Waals surface area contributed by atoms with Crippen LogP contribution in [-0.4, -0.2) is 22.2 Å². The van der Waals surface area contributed by atoms with Crippen molar-refractivity contribution in [2.24, 2.45) is 0 Å². The summed E-state index contributed by atoms with van der Waals surface area (Å²) in [6, 6.07) is 40.4. The summed E-state index contributed by atoms with van der Waals surface area (Å²) < 4.78 is 251. The number of fused-ring (bicyclic) bond motifs is 10. The van der Waals surface area contributed by atoms with Crippen LogP contribution >= 0.6 is 0 Å². The molecule has 5 nitrogen and oxygen atoms in total. The molecule has 0 fully saturated rings. The Morgan fingerprint density at radius 3 is 1.67 bits per heavy atom. The van der Waals surface area contributed by atoms with E-state index in [1.165, 1.54) is 18.2 Å². The number of hydrogen-bond donors (Lipinski definition) is 0. The first-order valence-electron chi connectivity index (χ1n) is 45.1. The van der Waals surface area contributed by atoms with Gasteiger partial charge < -0.3 is 13.9 Å². The normalized spacial score (nSPS) is 15.8. The van der Waals surface area contributed by atoms with E-state index in [0.717, 1.165) is 27.4 Å². The van der Waals surface area contributed by atoms with Gasteiger partial charge in [-0.25, -0.2) is 4.98 Å². The molecule has 492 valence electrons. The van der Waals surface area contributed by atoms with Gasteiger partial charge in [0.1, 0.15) is 5.82 Å². The Kier molecular flexibility index (Phi) is 10.7. The van der Waals surface area contributed by atoms with Crippen molar-refractivity contribution >= 4 is 61.7 Å². The number of aromatic nitrogens is 4. The number of aryl methyl sites for hydroxylation is 2. The molecule has 3 aromatic heterocycles. The van der Waals surface area contributed by atoms with Crippen molar-refractivity contribution in [2.45, 2.75) is 66.1 Å². The average molecular weight is 1520 g/mol. The predicted octanol–water partition coefficient (Wildman–Crippen LogP) is 20.5. The molecule has 17 rings (SSSR count). The Labute approximate surface area is 642 Å². The maximum atomic E-state index is 11.2. The molecule has 0 N–H and O–H groups in total. The van der Waals surface area contributed by atoms with Crippen LogP contribution in [-0.2, 0) is 31.9 Å². The Morgan fingerprint density at radius 1 is 0.455 bits per heavy atom. The topological polar surface area (TPSA) is 35.9 Å². The summed E-state index contributed by atoms with van der Waals surface area (Å²) in [4.78, 5) is 4.88. The number of rotatable bonds is 11. The SMILES string of the molecule is [2H]c1c([2H])c([2H])c([Si](c2c([2H])c([2H])c([2H])c([2H])c2[2H])(c2c([2H])c([2H])c([2H])c([2H])c2[2H])c2c([2H])c([2H])c([2H])c(-c3cc4c5c(c3)n(-c3[c-]c(Oc6[c-]c7c(cc6)c6ccccc6n7-c6cc(C(C)(C)C)ccn6)ccc3)[c-][n+]5-c3c(-c5ccc(C(C)(C)C)cc5)cc(-c5c(C([2H])([2H])[2H])cccc5C([2H])([2H])[2H])cc3-c3ccccc3-c3ccccc3-4)c2[2H])c([2H])c1[2H].[Pt]. The van der Waals surface area contributed by atoms with E-state index < -0.39 is 163 Å². The van der Waals surface area contributed by atoms with Crippen molar-refractivity contribution in [3.8, 4) is 95.5 Å². The molecule has 0 bridgehead atoms. The first-order chi connectivity index (χ1) is 59.0. The van der Waals surface area contributed by atoms with E-state index in [2.05, 4.69) is 60.0 Å². The molecule has 1 aliphatic heterocycles. The van der Waals surface area contributed by atoms with Gasteiger partial charge in [-0.3, -0.25) is 4.57 Å². The number of benzene rings is 13. The van der Waals surface area contributed by atoms with Gasteiger partial charge in [-0.2, -0.15) is 18.2 Å².